The molecule has 0 spiro atoms. The standard InChI is InChI=1S/C18H26N2O8/c1-13(21)19(14(2)22)9-5-11-27-17(25)7-8-18(26)28-12-6-10-20(15(3)23)16(4)24/h7-8H,5-6,9-12H2,1-4H3/b8-7+. The zero-order valence-electron chi connectivity index (χ0n) is 16.6. The number of nitrogens with zero attached hydrogens (tertiary/aromatic N) is 2. The Morgan fingerprint density at radius 2 is 0.893 bits per heavy atom. The second-order valence-corrected chi connectivity index (χ2v) is 5.75. The molecule has 4 amide bonds. The number of amides is 4. The Morgan fingerprint density at radius 1 is 0.607 bits per heavy atom. The molecule has 10 nitrogen and oxygen atoms in total. The Kier molecular flexibility index (Phi) is 11.7. The molecule has 0 aliphatic rings. The summed E-state index contributed by atoms with van der Waals surface area (Å²) in [5.41, 5.74) is 0. The molecule has 0 fully saturated rings. The number of carbonyl (C=O) groups excluding carboxylic acids is 6. The monoisotopic (exact) mass is 398 g/mol. The third-order valence-corrected chi connectivity index (χ3v) is 3.42. The van der Waals surface area contributed by atoms with Crippen LogP contribution < -0.4 is 0 Å². The predicted octanol–water partition coefficient (Wildman–Crippen LogP) is 0.199. The molecular weight excluding hydrogens is 372 g/mol. The van der Waals surface area contributed by atoms with Gasteiger partial charge in [-0.1, -0.05) is 0 Å². The van der Waals surface area contributed by atoms with Crippen LogP contribution in [0.2, 0.25) is 0 Å². The lowest BCUT2D eigenvalue weighted by molar-refractivity contribution is -0.145. The first-order valence-corrected chi connectivity index (χ1v) is 8.65. The Hall–Kier alpha value is -3.04. The van der Waals surface area contributed by atoms with E-state index >= 15 is 0 Å². The van der Waals surface area contributed by atoms with Crippen LogP contribution in [0.25, 0.3) is 0 Å². The van der Waals surface area contributed by atoms with E-state index in [9.17, 15) is 28.8 Å². The van der Waals surface area contributed by atoms with Crippen molar-refractivity contribution in [2.24, 2.45) is 0 Å². The Balaban J connectivity index is 4.06. The van der Waals surface area contributed by atoms with Gasteiger partial charge in [-0.3, -0.25) is 29.0 Å². The summed E-state index contributed by atoms with van der Waals surface area (Å²) in [5.74, 6) is -3.11. The van der Waals surface area contributed by atoms with Crippen molar-refractivity contribution in [3.63, 3.8) is 0 Å². The Bertz CT molecular complexity index is 559. The summed E-state index contributed by atoms with van der Waals surface area (Å²) in [6, 6.07) is 0. The fraction of sp³-hybridized carbons (Fsp3) is 0.556. The average Bonchev–Trinajstić information content (AvgIpc) is 2.58. The van der Waals surface area contributed by atoms with Crippen molar-refractivity contribution in [3.05, 3.63) is 12.2 Å². The highest BCUT2D eigenvalue weighted by molar-refractivity contribution is 5.93. The summed E-state index contributed by atoms with van der Waals surface area (Å²) >= 11 is 0. The maximum atomic E-state index is 11.5. The van der Waals surface area contributed by atoms with Gasteiger partial charge < -0.3 is 9.47 Å². The van der Waals surface area contributed by atoms with Crippen molar-refractivity contribution in [3.8, 4) is 0 Å². The van der Waals surface area contributed by atoms with Crippen LogP contribution in [0.1, 0.15) is 40.5 Å². The topological polar surface area (TPSA) is 127 Å². The zero-order valence-corrected chi connectivity index (χ0v) is 16.6. The van der Waals surface area contributed by atoms with Gasteiger partial charge in [0.1, 0.15) is 0 Å². The third kappa shape index (κ3) is 10.8. The molecule has 0 aromatic heterocycles. The summed E-state index contributed by atoms with van der Waals surface area (Å²) in [7, 11) is 0. The van der Waals surface area contributed by atoms with Crippen molar-refractivity contribution in [2.45, 2.75) is 40.5 Å². The van der Waals surface area contributed by atoms with Crippen LogP contribution in [0.15, 0.2) is 12.2 Å². The minimum Gasteiger partial charge on any atom is -0.462 e. The summed E-state index contributed by atoms with van der Waals surface area (Å²) in [6.45, 7) is 5.25. The van der Waals surface area contributed by atoms with Gasteiger partial charge in [-0.2, -0.15) is 0 Å². The molecule has 0 aliphatic heterocycles. The van der Waals surface area contributed by atoms with E-state index in [1.807, 2.05) is 0 Å². The van der Waals surface area contributed by atoms with Crippen molar-refractivity contribution >= 4 is 35.6 Å². The molecule has 0 atom stereocenters. The highest BCUT2D eigenvalue weighted by Gasteiger charge is 2.14. The van der Waals surface area contributed by atoms with Gasteiger partial charge in [0.25, 0.3) is 0 Å². The van der Waals surface area contributed by atoms with E-state index in [0.717, 1.165) is 22.0 Å². The van der Waals surface area contributed by atoms with Gasteiger partial charge in [-0.25, -0.2) is 9.59 Å². The average molecular weight is 398 g/mol. The van der Waals surface area contributed by atoms with E-state index in [-0.39, 0.29) is 39.1 Å². The van der Waals surface area contributed by atoms with E-state index in [2.05, 4.69) is 0 Å². The number of imide groups is 2. The van der Waals surface area contributed by atoms with Gasteiger partial charge in [-0.05, 0) is 12.8 Å². The van der Waals surface area contributed by atoms with Crippen LogP contribution in [0, 0.1) is 0 Å². The molecule has 0 bridgehead atoms. The largest absolute Gasteiger partial charge is 0.462 e. The summed E-state index contributed by atoms with van der Waals surface area (Å²) < 4.78 is 9.70. The molecule has 0 N–H and O–H groups in total. The second-order valence-electron chi connectivity index (χ2n) is 5.75. The number of hydrogen-bond donors (Lipinski definition) is 0. The molecule has 0 aromatic carbocycles. The van der Waals surface area contributed by atoms with Crippen LogP contribution in [0.4, 0.5) is 0 Å². The smallest absolute Gasteiger partial charge is 0.331 e. The van der Waals surface area contributed by atoms with Crippen molar-refractivity contribution in [1.29, 1.82) is 0 Å². The molecular formula is C18H26N2O8. The lowest BCUT2D eigenvalue weighted by Crippen LogP contribution is -2.34. The van der Waals surface area contributed by atoms with E-state index in [0.29, 0.717) is 0 Å². The van der Waals surface area contributed by atoms with Gasteiger partial charge in [0.2, 0.25) is 23.6 Å². The minimum atomic E-state index is -0.770. The van der Waals surface area contributed by atoms with E-state index in [4.69, 9.17) is 9.47 Å². The first kappa shape index (κ1) is 25.0. The number of carbonyl (C=O) groups is 6. The molecule has 10 heteroatoms. The van der Waals surface area contributed by atoms with Crippen LogP contribution >= 0.6 is 0 Å². The van der Waals surface area contributed by atoms with Crippen LogP contribution in [-0.2, 0) is 38.2 Å². The number of esters is 2. The number of hydrogen-bond acceptors (Lipinski definition) is 8. The van der Waals surface area contributed by atoms with E-state index < -0.39 is 35.6 Å². The van der Waals surface area contributed by atoms with E-state index in [1.165, 1.54) is 27.7 Å². The van der Waals surface area contributed by atoms with Crippen LogP contribution in [-0.4, -0.2) is 71.7 Å². The maximum Gasteiger partial charge on any atom is 0.331 e. The van der Waals surface area contributed by atoms with Crippen LogP contribution in [0.5, 0.6) is 0 Å². The summed E-state index contributed by atoms with van der Waals surface area (Å²) in [6.07, 6.45) is 2.33. The number of ether oxygens (including phenoxy) is 2. The van der Waals surface area contributed by atoms with Gasteiger partial charge >= 0.3 is 11.9 Å². The molecule has 0 rings (SSSR count). The van der Waals surface area contributed by atoms with Gasteiger partial charge in [0.05, 0.1) is 13.2 Å². The van der Waals surface area contributed by atoms with Crippen LogP contribution in [0.3, 0.4) is 0 Å². The Morgan fingerprint density at radius 3 is 1.14 bits per heavy atom. The van der Waals surface area contributed by atoms with E-state index in [1.54, 1.807) is 0 Å². The quantitative estimate of drug-likeness (QED) is 0.290. The lowest BCUT2D eigenvalue weighted by atomic mass is 10.3. The third-order valence-electron chi connectivity index (χ3n) is 3.42. The lowest BCUT2D eigenvalue weighted by Gasteiger charge is -2.16. The molecule has 0 radical (unpaired) electrons. The molecule has 156 valence electrons. The molecule has 0 saturated heterocycles. The van der Waals surface area contributed by atoms with Gasteiger partial charge in [-0.15, -0.1) is 0 Å². The SMILES string of the molecule is CC(=O)N(CCCOC(=O)/C=C/C(=O)OCCCN(C(C)=O)C(C)=O)C(C)=O. The number of rotatable bonds is 10. The fourth-order valence-corrected chi connectivity index (χ4v) is 2.10. The minimum absolute atomic E-state index is 0.0266. The van der Waals surface area contributed by atoms with Crippen molar-refractivity contribution in [2.75, 3.05) is 26.3 Å². The van der Waals surface area contributed by atoms with Crippen molar-refractivity contribution in [1.82, 2.24) is 9.80 Å². The summed E-state index contributed by atoms with van der Waals surface area (Å²) in [5, 5.41) is 0. The highest BCUT2D eigenvalue weighted by atomic mass is 16.5. The fourth-order valence-electron chi connectivity index (χ4n) is 2.10. The maximum absolute atomic E-state index is 11.5. The first-order valence-electron chi connectivity index (χ1n) is 8.65. The second kappa shape index (κ2) is 13.2. The summed E-state index contributed by atoms with van der Waals surface area (Å²) in [4.78, 5) is 69.8. The molecule has 0 heterocycles. The molecule has 28 heavy (non-hydrogen) atoms. The molecule has 0 aromatic rings. The van der Waals surface area contributed by atoms with Gasteiger partial charge in [0.15, 0.2) is 0 Å². The first-order chi connectivity index (χ1) is 13.1. The normalized spacial score (nSPS) is 10.3. The van der Waals surface area contributed by atoms with Gasteiger partial charge in [0, 0.05) is 52.9 Å². The van der Waals surface area contributed by atoms with Crippen molar-refractivity contribution < 1.29 is 38.2 Å². The molecule has 0 unspecified atom stereocenters. The predicted molar refractivity (Wildman–Crippen MR) is 96.4 cm³/mol. The highest BCUT2D eigenvalue weighted by Crippen LogP contribution is 1.97. The zero-order chi connectivity index (χ0) is 21.7. The Labute approximate surface area is 163 Å². The molecule has 0 saturated carbocycles. The molecule has 0 aliphatic carbocycles.